The van der Waals surface area contributed by atoms with Crippen LogP contribution in [0.15, 0.2) is 47.8 Å². The van der Waals surface area contributed by atoms with Crippen LogP contribution in [0.5, 0.6) is 11.5 Å². The molecule has 2 aromatic carbocycles. The van der Waals surface area contributed by atoms with Crippen molar-refractivity contribution in [3.05, 3.63) is 59.0 Å². The first-order chi connectivity index (χ1) is 13.7. The molecule has 0 N–H and O–H groups in total. The number of hydrogen-bond acceptors (Lipinski definition) is 5. The fourth-order valence-electron chi connectivity index (χ4n) is 3.73. The smallest absolute Gasteiger partial charge is 0.257 e. The van der Waals surface area contributed by atoms with Gasteiger partial charge >= 0.3 is 0 Å². The van der Waals surface area contributed by atoms with Crippen LogP contribution in [0.2, 0.25) is 0 Å². The van der Waals surface area contributed by atoms with Crippen molar-refractivity contribution in [2.24, 2.45) is 0 Å². The predicted molar refractivity (Wildman–Crippen MR) is 113 cm³/mol. The number of benzene rings is 2. The molecular weight excluding hydrogens is 372 g/mol. The molecule has 1 fully saturated rings. The molecule has 1 aromatic heterocycles. The average molecular weight is 397 g/mol. The van der Waals surface area contributed by atoms with E-state index in [0.29, 0.717) is 30.2 Å². The van der Waals surface area contributed by atoms with Crippen LogP contribution in [0, 0.1) is 0 Å². The highest BCUT2D eigenvalue weighted by Crippen LogP contribution is 2.32. The summed E-state index contributed by atoms with van der Waals surface area (Å²) in [7, 11) is 3.15. The maximum absolute atomic E-state index is 13.0. The fourth-order valence-corrected chi connectivity index (χ4v) is 4.69. The summed E-state index contributed by atoms with van der Waals surface area (Å²) >= 11 is 1.80. The second-order valence-corrected chi connectivity index (χ2v) is 7.78. The number of ether oxygens (including phenoxy) is 2. The van der Waals surface area contributed by atoms with Gasteiger partial charge in [-0.2, -0.15) is 0 Å². The zero-order valence-electron chi connectivity index (χ0n) is 16.2. The molecule has 3 aromatic rings. The Balaban J connectivity index is 1.42. The summed E-state index contributed by atoms with van der Waals surface area (Å²) in [5.41, 5.74) is 1.92. The summed E-state index contributed by atoms with van der Waals surface area (Å²) in [4.78, 5) is 17.3. The SMILES string of the molecule is COc1cccc(C(=O)N2CCN(Cc3csc4ccccc34)CC2)c1OC. The first-order valence-corrected chi connectivity index (χ1v) is 10.3. The third kappa shape index (κ3) is 3.57. The van der Waals surface area contributed by atoms with Crippen LogP contribution in [0.4, 0.5) is 0 Å². The Morgan fingerprint density at radius 1 is 1.00 bits per heavy atom. The number of nitrogens with zero attached hydrogens (tertiary/aromatic N) is 2. The Morgan fingerprint density at radius 2 is 1.79 bits per heavy atom. The molecule has 5 nitrogen and oxygen atoms in total. The summed E-state index contributed by atoms with van der Waals surface area (Å²) in [6.45, 7) is 4.07. The lowest BCUT2D eigenvalue weighted by molar-refractivity contribution is 0.0625. The van der Waals surface area contributed by atoms with Gasteiger partial charge < -0.3 is 14.4 Å². The minimum atomic E-state index is -0.00335. The molecule has 0 atom stereocenters. The Hall–Kier alpha value is -2.57. The van der Waals surface area contributed by atoms with Crippen LogP contribution >= 0.6 is 11.3 Å². The van der Waals surface area contributed by atoms with Crippen molar-refractivity contribution >= 4 is 27.3 Å². The van der Waals surface area contributed by atoms with Crippen molar-refractivity contribution in [1.82, 2.24) is 9.80 Å². The van der Waals surface area contributed by atoms with Gasteiger partial charge in [0.25, 0.3) is 5.91 Å². The van der Waals surface area contributed by atoms with Gasteiger partial charge in [-0.05, 0) is 34.5 Å². The number of hydrogen-bond donors (Lipinski definition) is 0. The molecule has 0 bridgehead atoms. The van der Waals surface area contributed by atoms with E-state index in [9.17, 15) is 4.79 Å². The molecule has 1 saturated heterocycles. The van der Waals surface area contributed by atoms with Crippen LogP contribution in [0.3, 0.4) is 0 Å². The molecule has 28 heavy (non-hydrogen) atoms. The number of piperazine rings is 1. The van der Waals surface area contributed by atoms with E-state index in [1.165, 1.54) is 15.6 Å². The lowest BCUT2D eigenvalue weighted by Gasteiger charge is -2.35. The van der Waals surface area contributed by atoms with Crippen molar-refractivity contribution < 1.29 is 14.3 Å². The third-order valence-electron chi connectivity index (χ3n) is 5.25. The molecule has 2 heterocycles. The number of carbonyl (C=O) groups is 1. The Morgan fingerprint density at radius 3 is 2.54 bits per heavy atom. The van der Waals surface area contributed by atoms with Gasteiger partial charge in [-0.3, -0.25) is 9.69 Å². The van der Waals surface area contributed by atoms with Crippen molar-refractivity contribution in [1.29, 1.82) is 0 Å². The van der Waals surface area contributed by atoms with E-state index in [0.717, 1.165) is 19.6 Å². The monoisotopic (exact) mass is 396 g/mol. The summed E-state index contributed by atoms with van der Waals surface area (Å²) in [5.74, 6) is 1.08. The molecule has 0 spiro atoms. The number of fused-ring (bicyclic) bond motifs is 1. The molecule has 0 saturated carbocycles. The van der Waals surface area contributed by atoms with E-state index in [4.69, 9.17) is 9.47 Å². The van der Waals surface area contributed by atoms with Crippen molar-refractivity contribution in [2.45, 2.75) is 6.54 Å². The molecule has 4 rings (SSSR count). The normalized spacial score (nSPS) is 15.0. The Labute approximate surface area is 169 Å². The van der Waals surface area contributed by atoms with E-state index in [2.05, 4.69) is 34.5 Å². The van der Waals surface area contributed by atoms with Gasteiger partial charge in [0.15, 0.2) is 11.5 Å². The zero-order chi connectivity index (χ0) is 19.5. The van der Waals surface area contributed by atoms with Gasteiger partial charge in [-0.15, -0.1) is 11.3 Å². The van der Waals surface area contributed by atoms with E-state index in [1.54, 1.807) is 37.7 Å². The van der Waals surface area contributed by atoms with Gasteiger partial charge in [-0.1, -0.05) is 24.3 Å². The molecule has 0 radical (unpaired) electrons. The fraction of sp³-hybridized carbons (Fsp3) is 0.318. The number of amides is 1. The van der Waals surface area contributed by atoms with Gasteiger partial charge in [0.2, 0.25) is 0 Å². The maximum atomic E-state index is 13.0. The van der Waals surface area contributed by atoms with Crippen molar-refractivity contribution in [3.63, 3.8) is 0 Å². The van der Waals surface area contributed by atoms with Gasteiger partial charge in [0, 0.05) is 37.4 Å². The maximum Gasteiger partial charge on any atom is 0.257 e. The molecule has 1 aliphatic rings. The first-order valence-electron chi connectivity index (χ1n) is 9.39. The lowest BCUT2D eigenvalue weighted by Crippen LogP contribution is -2.48. The van der Waals surface area contributed by atoms with Gasteiger partial charge in [0.1, 0.15) is 0 Å². The van der Waals surface area contributed by atoms with Crippen molar-refractivity contribution in [2.75, 3.05) is 40.4 Å². The molecule has 0 unspecified atom stereocenters. The number of para-hydroxylation sites is 1. The lowest BCUT2D eigenvalue weighted by atomic mass is 10.1. The predicted octanol–water partition coefficient (Wildman–Crippen LogP) is 3.88. The van der Waals surface area contributed by atoms with E-state index >= 15 is 0 Å². The Bertz CT molecular complexity index is 977. The molecule has 1 aliphatic heterocycles. The van der Waals surface area contributed by atoms with Crippen LogP contribution in [-0.2, 0) is 6.54 Å². The van der Waals surface area contributed by atoms with E-state index in [1.807, 2.05) is 11.0 Å². The van der Waals surface area contributed by atoms with Crippen LogP contribution in [0.1, 0.15) is 15.9 Å². The second kappa shape index (κ2) is 8.20. The number of thiophene rings is 1. The molecular formula is C22H24N2O3S. The second-order valence-electron chi connectivity index (χ2n) is 6.87. The zero-order valence-corrected chi connectivity index (χ0v) is 17.0. The molecule has 6 heteroatoms. The number of carbonyl (C=O) groups excluding carboxylic acids is 1. The van der Waals surface area contributed by atoms with Crippen LogP contribution in [-0.4, -0.2) is 56.1 Å². The van der Waals surface area contributed by atoms with E-state index < -0.39 is 0 Å². The average Bonchev–Trinajstić information content (AvgIpc) is 3.16. The topological polar surface area (TPSA) is 42.0 Å². The minimum absolute atomic E-state index is 0.00335. The van der Waals surface area contributed by atoms with Gasteiger partial charge in [0.05, 0.1) is 19.8 Å². The largest absolute Gasteiger partial charge is 0.493 e. The number of rotatable bonds is 5. The molecule has 0 aliphatic carbocycles. The number of methoxy groups -OCH3 is 2. The minimum Gasteiger partial charge on any atom is -0.493 e. The highest BCUT2D eigenvalue weighted by Gasteiger charge is 2.26. The van der Waals surface area contributed by atoms with E-state index in [-0.39, 0.29) is 5.91 Å². The summed E-state index contributed by atoms with van der Waals surface area (Å²) in [5, 5.41) is 3.59. The summed E-state index contributed by atoms with van der Waals surface area (Å²) in [6.07, 6.45) is 0. The van der Waals surface area contributed by atoms with Gasteiger partial charge in [-0.25, -0.2) is 0 Å². The highest BCUT2D eigenvalue weighted by atomic mass is 32.1. The standard InChI is InChI=1S/C22H24N2O3S/c1-26-19-8-5-7-18(21(19)27-2)22(25)24-12-10-23(11-13-24)14-16-15-28-20-9-4-3-6-17(16)20/h3-9,15H,10-14H2,1-2H3. The van der Waals surface area contributed by atoms with Crippen LogP contribution < -0.4 is 9.47 Å². The quantitative estimate of drug-likeness (QED) is 0.656. The summed E-state index contributed by atoms with van der Waals surface area (Å²) < 4.78 is 12.1. The third-order valence-corrected chi connectivity index (χ3v) is 6.26. The van der Waals surface area contributed by atoms with Crippen molar-refractivity contribution in [3.8, 4) is 11.5 Å². The highest BCUT2D eigenvalue weighted by molar-refractivity contribution is 7.17. The molecule has 1 amide bonds. The Kier molecular flexibility index (Phi) is 5.50. The van der Waals surface area contributed by atoms with Crippen LogP contribution in [0.25, 0.3) is 10.1 Å². The summed E-state index contributed by atoms with van der Waals surface area (Å²) in [6, 6.07) is 14.0. The molecule has 146 valence electrons. The first kappa shape index (κ1) is 18.8.